The number of carbonyl (C=O) groups is 2. The highest BCUT2D eigenvalue weighted by atomic mass is 32.1. The minimum Gasteiger partial charge on any atom is -0.478 e. The minimum atomic E-state index is -0.944. The van der Waals surface area contributed by atoms with E-state index in [1.54, 1.807) is 11.3 Å². The summed E-state index contributed by atoms with van der Waals surface area (Å²) >= 11 is 3.17. The van der Waals surface area contributed by atoms with Gasteiger partial charge >= 0.3 is 5.97 Å². The maximum Gasteiger partial charge on any atom is 0.331 e. The Morgan fingerprint density at radius 3 is 2.50 bits per heavy atom. The molecule has 5 rings (SSSR count). The number of rotatable bonds is 7. The summed E-state index contributed by atoms with van der Waals surface area (Å²) in [5, 5.41) is 10.3. The number of carboxylic acids is 1. The van der Waals surface area contributed by atoms with Gasteiger partial charge in [0.05, 0.1) is 0 Å². The third kappa shape index (κ3) is 3.24. The SMILES string of the molecule is Cc1c(C2CC2)sc(CC(=O)C2=C(C(=O)O)CCC2)c1-c1nc(C2CC2)ns1. The van der Waals surface area contributed by atoms with Gasteiger partial charge in [0.25, 0.3) is 0 Å². The Hall–Kier alpha value is -1.86. The van der Waals surface area contributed by atoms with Crippen molar-refractivity contribution in [3.8, 4) is 10.6 Å². The molecule has 0 amide bonds. The van der Waals surface area contributed by atoms with E-state index in [1.165, 1.54) is 47.7 Å². The molecule has 0 radical (unpaired) electrons. The molecule has 0 spiro atoms. The van der Waals surface area contributed by atoms with Gasteiger partial charge in [0.1, 0.15) is 10.8 Å². The molecule has 0 aromatic carbocycles. The van der Waals surface area contributed by atoms with Crippen LogP contribution in [0.4, 0.5) is 0 Å². The number of carboxylic acid groups (broad SMARTS) is 1. The Morgan fingerprint density at radius 1 is 1.11 bits per heavy atom. The first-order valence-corrected chi connectivity index (χ1v) is 11.6. The number of Topliss-reactive ketones (excluding diaryl/α,β-unsaturated/α-hetero) is 1. The van der Waals surface area contributed by atoms with Crippen LogP contribution in [0.3, 0.4) is 0 Å². The van der Waals surface area contributed by atoms with Gasteiger partial charge in [-0.2, -0.15) is 4.37 Å². The van der Waals surface area contributed by atoms with Crippen molar-refractivity contribution in [2.75, 3.05) is 0 Å². The van der Waals surface area contributed by atoms with Gasteiger partial charge in [0.2, 0.25) is 0 Å². The molecule has 1 N–H and O–H groups in total. The van der Waals surface area contributed by atoms with Crippen LogP contribution in [0, 0.1) is 6.92 Å². The number of hydrogen-bond acceptors (Lipinski definition) is 6. The monoisotopic (exact) mass is 414 g/mol. The molecule has 0 unspecified atom stereocenters. The zero-order chi connectivity index (χ0) is 19.4. The predicted molar refractivity (Wildman–Crippen MR) is 109 cm³/mol. The molecule has 2 aromatic rings. The fraction of sp³-hybridized carbons (Fsp3) is 0.524. The van der Waals surface area contributed by atoms with Gasteiger partial charge in [-0.3, -0.25) is 4.79 Å². The molecule has 5 nitrogen and oxygen atoms in total. The van der Waals surface area contributed by atoms with Crippen LogP contribution in [0.5, 0.6) is 0 Å². The van der Waals surface area contributed by atoms with Gasteiger partial charge in [-0.25, -0.2) is 9.78 Å². The summed E-state index contributed by atoms with van der Waals surface area (Å²) in [6, 6.07) is 0. The van der Waals surface area contributed by atoms with Crippen molar-refractivity contribution >= 4 is 34.6 Å². The van der Waals surface area contributed by atoms with Crippen molar-refractivity contribution in [1.29, 1.82) is 0 Å². The molecule has 146 valence electrons. The molecule has 7 heteroatoms. The minimum absolute atomic E-state index is 0.0355. The average molecular weight is 415 g/mol. The Morgan fingerprint density at radius 2 is 1.82 bits per heavy atom. The number of thiophene rings is 1. The van der Waals surface area contributed by atoms with Gasteiger partial charge < -0.3 is 5.11 Å². The van der Waals surface area contributed by atoms with Crippen molar-refractivity contribution in [2.45, 2.75) is 70.1 Å². The molecule has 0 bridgehead atoms. The molecule has 2 fully saturated rings. The standard InChI is InChI=1S/C21H22N2O3S2/c1-10-17(20-22-19(23-28-20)12-7-8-12)16(27-18(10)11-5-6-11)9-15(24)13-3-2-4-14(13)21(25)26/h11-12H,2-9H2,1H3,(H,25,26). The largest absolute Gasteiger partial charge is 0.478 e. The summed E-state index contributed by atoms with van der Waals surface area (Å²) in [5.74, 6) is 1.09. The molecular formula is C21H22N2O3S2. The molecule has 3 aliphatic rings. The number of aliphatic carboxylic acids is 1. The van der Waals surface area contributed by atoms with Gasteiger partial charge in [0, 0.05) is 38.8 Å². The summed E-state index contributed by atoms with van der Waals surface area (Å²) in [7, 11) is 0. The predicted octanol–water partition coefficient (Wildman–Crippen LogP) is 5.01. The number of allylic oxidation sites excluding steroid dienone is 1. The number of carbonyl (C=O) groups excluding carboxylic acids is 1. The molecule has 0 atom stereocenters. The molecule has 0 saturated heterocycles. The van der Waals surface area contributed by atoms with Gasteiger partial charge in [-0.1, -0.05) is 0 Å². The van der Waals surface area contributed by atoms with E-state index in [0.29, 0.717) is 35.8 Å². The Bertz CT molecular complexity index is 1010. The van der Waals surface area contributed by atoms with Crippen LogP contribution < -0.4 is 0 Å². The third-order valence-electron chi connectivity index (χ3n) is 5.94. The first kappa shape index (κ1) is 18.2. The molecule has 2 aromatic heterocycles. The fourth-order valence-electron chi connectivity index (χ4n) is 4.12. The van der Waals surface area contributed by atoms with Crippen molar-refractivity contribution in [1.82, 2.24) is 9.36 Å². The van der Waals surface area contributed by atoms with Gasteiger partial charge in [-0.05, 0) is 74.9 Å². The number of hydrogen-bond donors (Lipinski definition) is 1. The van der Waals surface area contributed by atoms with Crippen LogP contribution in [0.1, 0.15) is 77.9 Å². The van der Waals surface area contributed by atoms with Crippen molar-refractivity contribution in [3.05, 3.63) is 32.3 Å². The fourth-order valence-corrected chi connectivity index (χ4v) is 6.53. The highest BCUT2D eigenvalue weighted by molar-refractivity contribution is 7.14. The second-order valence-electron chi connectivity index (χ2n) is 8.11. The first-order chi connectivity index (χ1) is 13.5. The zero-order valence-corrected chi connectivity index (χ0v) is 17.4. The Balaban J connectivity index is 1.51. The van der Waals surface area contributed by atoms with E-state index in [0.717, 1.165) is 27.7 Å². The van der Waals surface area contributed by atoms with E-state index in [4.69, 9.17) is 4.98 Å². The third-order valence-corrected chi connectivity index (χ3v) is 8.14. The summed E-state index contributed by atoms with van der Waals surface area (Å²) in [6.45, 7) is 2.14. The lowest BCUT2D eigenvalue weighted by atomic mass is 10.0. The van der Waals surface area contributed by atoms with Crippen LogP contribution in [-0.2, 0) is 16.0 Å². The summed E-state index contributed by atoms with van der Waals surface area (Å²) in [4.78, 5) is 31.7. The van der Waals surface area contributed by atoms with E-state index >= 15 is 0 Å². The molecular weight excluding hydrogens is 392 g/mol. The Labute approximate surface area is 171 Å². The first-order valence-electron chi connectivity index (χ1n) is 9.97. The Kier molecular flexibility index (Phi) is 4.47. The molecule has 0 aliphatic heterocycles. The number of nitrogens with zero attached hydrogens (tertiary/aromatic N) is 2. The number of aromatic nitrogens is 2. The lowest BCUT2D eigenvalue weighted by Crippen LogP contribution is -2.10. The zero-order valence-electron chi connectivity index (χ0n) is 15.8. The second kappa shape index (κ2) is 6.88. The molecule has 2 heterocycles. The van der Waals surface area contributed by atoms with E-state index in [-0.39, 0.29) is 12.2 Å². The smallest absolute Gasteiger partial charge is 0.331 e. The van der Waals surface area contributed by atoms with Crippen molar-refractivity contribution < 1.29 is 14.7 Å². The molecule has 3 aliphatic carbocycles. The van der Waals surface area contributed by atoms with E-state index in [2.05, 4.69) is 11.3 Å². The van der Waals surface area contributed by atoms with Crippen molar-refractivity contribution in [2.24, 2.45) is 0 Å². The highest BCUT2D eigenvalue weighted by Crippen LogP contribution is 2.50. The molecule has 28 heavy (non-hydrogen) atoms. The maximum absolute atomic E-state index is 13.0. The summed E-state index contributed by atoms with van der Waals surface area (Å²) < 4.78 is 4.56. The normalized spacial score (nSPS) is 19.5. The van der Waals surface area contributed by atoms with E-state index in [1.807, 2.05) is 0 Å². The van der Waals surface area contributed by atoms with Gasteiger partial charge in [-0.15, -0.1) is 11.3 Å². The summed E-state index contributed by atoms with van der Waals surface area (Å²) in [5.41, 5.74) is 3.16. The summed E-state index contributed by atoms with van der Waals surface area (Å²) in [6.07, 6.45) is 6.89. The van der Waals surface area contributed by atoms with E-state index < -0.39 is 5.97 Å². The lowest BCUT2D eigenvalue weighted by Gasteiger charge is -2.05. The lowest BCUT2D eigenvalue weighted by molar-refractivity contribution is -0.133. The van der Waals surface area contributed by atoms with E-state index in [9.17, 15) is 14.7 Å². The van der Waals surface area contributed by atoms with Crippen LogP contribution >= 0.6 is 22.9 Å². The number of ketones is 1. The second-order valence-corrected chi connectivity index (χ2v) is 10.0. The topological polar surface area (TPSA) is 80.2 Å². The van der Waals surface area contributed by atoms with Crippen LogP contribution in [-0.4, -0.2) is 26.2 Å². The average Bonchev–Trinajstić information content (AvgIpc) is 3.56. The van der Waals surface area contributed by atoms with Crippen LogP contribution in [0.25, 0.3) is 10.6 Å². The highest BCUT2D eigenvalue weighted by Gasteiger charge is 2.34. The van der Waals surface area contributed by atoms with Gasteiger partial charge in [0.15, 0.2) is 5.78 Å². The molecule has 2 saturated carbocycles. The van der Waals surface area contributed by atoms with Crippen LogP contribution in [0.15, 0.2) is 11.1 Å². The van der Waals surface area contributed by atoms with Crippen molar-refractivity contribution in [3.63, 3.8) is 0 Å². The quantitative estimate of drug-likeness (QED) is 0.689. The van der Waals surface area contributed by atoms with Crippen LogP contribution in [0.2, 0.25) is 0 Å². The maximum atomic E-state index is 13.0.